The third-order valence-electron chi connectivity index (χ3n) is 2.37. The van der Waals surface area contributed by atoms with Crippen LogP contribution in [-0.4, -0.2) is 18.1 Å². The van der Waals surface area contributed by atoms with Gasteiger partial charge < -0.3 is 10.1 Å². The highest BCUT2D eigenvalue weighted by molar-refractivity contribution is 9.11. The maximum atomic E-state index is 11.5. The molecule has 7 heteroatoms. The fourth-order valence-electron chi connectivity index (χ4n) is 1.46. The van der Waals surface area contributed by atoms with Crippen molar-refractivity contribution >= 4 is 60.0 Å². The number of nitrogens with zero attached hydrogens (tertiary/aromatic N) is 1. The molecule has 2 rings (SSSR count). The van der Waals surface area contributed by atoms with Crippen molar-refractivity contribution in [1.82, 2.24) is 4.98 Å². The normalized spacial score (nSPS) is 10.3. The molecule has 0 bridgehead atoms. The average Bonchev–Trinajstić information content (AvgIpc) is 2.74. The second-order valence-electron chi connectivity index (χ2n) is 3.64. The number of esters is 1. The standard InChI is InChI=1S/C12H10Br2N2O2S/c1-6-9(11(17)18-2)15-12(19-6)16-10-7(13)4-3-5-8(10)14/h3-5H,1-2H3,(H,15,16). The molecule has 0 aliphatic carbocycles. The van der Waals surface area contributed by atoms with Crippen LogP contribution in [0, 0.1) is 6.92 Å². The summed E-state index contributed by atoms with van der Waals surface area (Å²) in [5, 5.41) is 3.83. The third kappa shape index (κ3) is 3.16. The molecule has 100 valence electrons. The number of hydrogen-bond donors (Lipinski definition) is 1. The van der Waals surface area contributed by atoms with Gasteiger partial charge in [0.25, 0.3) is 0 Å². The Morgan fingerprint density at radius 1 is 1.37 bits per heavy atom. The summed E-state index contributed by atoms with van der Waals surface area (Å²) in [6.07, 6.45) is 0. The van der Waals surface area contributed by atoms with Crippen molar-refractivity contribution in [3.05, 3.63) is 37.7 Å². The lowest BCUT2D eigenvalue weighted by atomic mass is 10.3. The first-order valence-corrected chi connectivity index (χ1v) is 7.70. The minimum atomic E-state index is -0.423. The number of benzene rings is 1. The van der Waals surface area contributed by atoms with E-state index in [1.54, 1.807) is 0 Å². The molecule has 0 fully saturated rings. The van der Waals surface area contributed by atoms with Gasteiger partial charge in [0, 0.05) is 13.8 Å². The number of thiazole rings is 1. The van der Waals surface area contributed by atoms with Gasteiger partial charge in [-0.3, -0.25) is 0 Å². The van der Waals surface area contributed by atoms with E-state index in [4.69, 9.17) is 0 Å². The van der Waals surface area contributed by atoms with Crippen LogP contribution >= 0.6 is 43.2 Å². The van der Waals surface area contributed by atoms with Gasteiger partial charge in [0.2, 0.25) is 0 Å². The molecule has 0 radical (unpaired) electrons. The first-order chi connectivity index (χ1) is 9.02. The molecule has 0 spiro atoms. The number of carbonyl (C=O) groups excluding carboxylic acids is 1. The molecule has 0 saturated heterocycles. The number of aryl methyl sites for hydroxylation is 1. The number of nitrogens with one attached hydrogen (secondary N) is 1. The molecule has 0 unspecified atom stereocenters. The number of halogens is 2. The molecule has 0 atom stereocenters. The number of hydrogen-bond acceptors (Lipinski definition) is 5. The van der Waals surface area contributed by atoms with Crippen molar-refractivity contribution < 1.29 is 9.53 Å². The summed E-state index contributed by atoms with van der Waals surface area (Å²) < 4.78 is 6.51. The smallest absolute Gasteiger partial charge is 0.357 e. The van der Waals surface area contributed by atoms with Crippen LogP contribution < -0.4 is 5.32 Å². The molecule has 2 aromatic rings. The second kappa shape index (κ2) is 6.02. The number of anilines is 2. The molecule has 1 N–H and O–H groups in total. The average molecular weight is 406 g/mol. The number of carbonyl (C=O) groups is 1. The Kier molecular flexibility index (Phi) is 4.59. The van der Waals surface area contributed by atoms with Gasteiger partial charge >= 0.3 is 5.97 Å². The molecule has 1 aromatic carbocycles. The zero-order chi connectivity index (χ0) is 14.0. The van der Waals surface area contributed by atoms with Crippen molar-refractivity contribution in [2.24, 2.45) is 0 Å². The number of para-hydroxylation sites is 1. The van der Waals surface area contributed by atoms with E-state index < -0.39 is 5.97 Å². The minimum absolute atomic E-state index is 0.346. The van der Waals surface area contributed by atoms with Crippen molar-refractivity contribution in [3.63, 3.8) is 0 Å². The molecule has 0 saturated carbocycles. The Labute approximate surface area is 131 Å². The summed E-state index contributed by atoms with van der Waals surface area (Å²) in [5.41, 5.74) is 1.21. The van der Waals surface area contributed by atoms with Crippen LogP contribution in [0.5, 0.6) is 0 Å². The van der Waals surface area contributed by atoms with Crippen LogP contribution in [0.2, 0.25) is 0 Å². The van der Waals surface area contributed by atoms with E-state index in [0.29, 0.717) is 10.8 Å². The first-order valence-electron chi connectivity index (χ1n) is 5.29. The predicted molar refractivity (Wildman–Crippen MR) is 83.3 cm³/mol. The first kappa shape index (κ1) is 14.5. The maximum Gasteiger partial charge on any atom is 0.357 e. The van der Waals surface area contributed by atoms with Crippen LogP contribution in [0.15, 0.2) is 27.1 Å². The van der Waals surface area contributed by atoms with Gasteiger partial charge in [0.05, 0.1) is 12.8 Å². The minimum Gasteiger partial charge on any atom is -0.464 e. The van der Waals surface area contributed by atoms with Crippen molar-refractivity contribution in [3.8, 4) is 0 Å². The number of methoxy groups -OCH3 is 1. The molecule has 19 heavy (non-hydrogen) atoms. The van der Waals surface area contributed by atoms with E-state index in [-0.39, 0.29) is 0 Å². The lowest BCUT2D eigenvalue weighted by Crippen LogP contribution is -2.03. The summed E-state index contributed by atoms with van der Waals surface area (Å²) in [5.74, 6) is -0.423. The molecule has 0 aliphatic rings. The van der Waals surface area contributed by atoms with Crippen molar-refractivity contribution in [2.45, 2.75) is 6.92 Å². The van der Waals surface area contributed by atoms with E-state index >= 15 is 0 Å². The lowest BCUT2D eigenvalue weighted by Gasteiger charge is -2.07. The monoisotopic (exact) mass is 404 g/mol. The van der Waals surface area contributed by atoms with Gasteiger partial charge in [0.15, 0.2) is 10.8 Å². The number of ether oxygens (including phenoxy) is 1. The highest BCUT2D eigenvalue weighted by Gasteiger charge is 2.16. The van der Waals surface area contributed by atoms with Crippen LogP contribution in [0.3, 0.4) is 0 Å². The van der Waals surface area contributed by atoms with Gasteiger partial charge in [-0.15, -0.1) is 11.3 Å². The van der Waals surface area contributed by atoms with E-state index in [1.165, 1.54) is 18.4 Å². The molecule has 0 aliphatic heterocycles. The van der Waals surface area contributed by atoms with Gasteiger partial charge in [0.1, 0.15) is 0 Å². The zero-order valence-corrected chi connectivity index (χ0v) is 14.1. The van der Waals surface area contributed by atoms with E-state index in [2.05, 4.69) is 46.9 Å². The summed E-state index contributed by atoms with van der Waals surface area (Å²) in [7, 11) is 1.35. The third-order valence-corrected chi connectivity index (χ3v) is 4.58. The van der Waals surface area contributed by atoms with Crippen molar-refractivity contribution in [2.75, 3.05) is 12.4 Å². The van der Waals surface area contributed by atoms with Gasteiger partial charge in [-0.2, -0.15) is 0 Å². The van der Waals surface area contributed by atoms with Gasteiger partial charge in [-0.05, 0) is 50.9 Å². The Balaban J connectivity index is 2.32. The van der Waals surface area contributed by atoms with E-state index in [9.17, 15) is 4.79 Å². The SMILES string of the molecule is COC(=O)c1nc(Nc2c(Br)cccc2Br)sc1C. The summed E-state index contributed by atoms with van der Waals surface area (Å²) in [4.78, 5) is 16.6. The van der Waals surface area contributed by atoms with Crippen molar-refractivity contribution in [1.29, 1.82) is 0 Å². The molecule has 1 heterocycles. The Morgan fingerprint density at radius 3 is 2.58 bits per heavy atom. The highest BCUT2D eigenvalue weighted by atomic mass is 79.9. The molecular weight excluding hydrogens is 396 g/mol. The quantitative estimate of drug-likeness (QED) is 0.763. The molecule has 4 nitrogen and oxygen atoms in total. The fraction of sp³-hybridized carbons (Fsp3) is 0.167. The second-order valence-corrected chi connectivity index (χ2v) is 6.55. The van der Waals surface area contributed by atoms with Gasteiger partial charge in [-0.25, -0.2) is 9.78 Å². The Morgan fingerprint density at radius 2 is 2.00 bits per heavy atom. The lowest BCUT2D eigenvalue weighted by molar-refractivity contribution is 0.0594. The highest BCUT2D eigenvalue weighted by Crippen LogP contribution is 2.35. The van der Waals surface area contributed by atoms with E-state index in [0.717, 1.165) is 19.5 Å². The molecular formula is C12H10Br2N2O2S. The van der Waals surface area contributed by atoms with Crippen LogP contribution in [0.25, 0.3) is 0 Å². The molecule has 1 aromatic heterocycles. The topological polar surface area (TPSA) is 51.2 Å². The van der Waals surface area contributed by atoms with Crippen LogP contribution in [-0.2, 0) is 4.74 Å². The van der Waals surface area contributed by atoms with Gasteiger partial charge in [-0.1, -0.05) is 6.07 Å². The largest absolute Gasteiger partial charge is 0.464 e. The summed E-state index contributed by atoms with van der Waals surface area (Å²) in [6, 6.07) is 5.77. The predicted octanol–water partition coefficient (Wildman–Crippen LogP) is 4.51. The zero-order valence-electron chi connectivity index (χ0n) is 10.2. The number of aromatic nitrogens is 1. The fourth-order valence-corrected chi connectivity index (χ4v) is 3.46. The van der Waals surface area contributed by atoms with E-state index in [1.807, 2.05) is 25.1 Å². The Hall–Kier alpha value is -0.920. The summed E-state index contributed by atoms with van der Waals surface area (Å²) in [6.45, 7) is 1.84. The van der Waals surface area contributed by atoms with Crippen LogP contribution in [0.4, 0.5) is 10.8 Å². The maximum absolute atomic E-state index is 11.5. The molecule has 0 amide bonds. The summed E-state index contributed by atoms with van der Waals surface area (Å²) >= 11 is 8.34. The number of rotatable bonds is 3. The van der Waals surface area contributed by atoms with Crippen LogP contribution in [0.1, 0.15) is 15.4 Å². The Bertz CT molecular complexity index is 608.